The predicted molar refractivity (Wildman–Crippen MR) is 132 cm³/mol. The lowest BCUT2D eigenvalue weighted by molar-refractivity contribution is -0.111. The van der Waals surface area contributed by atoms with Crippen LogP contribution in [0.1, 0.15) is 56.1 Å². The largest absolute Gasteiger partial charge is 0.322 e. The zero-order chi connectivity index (χ0) is 23.3. The molecule has 33 heavy (non-hydrogen) atoms. The summed E-state index contributed by atoms with van der Waals surface area (Å²) in [5.74, 6) is -0.213. The van der Waals surface area contributed by atoms with Gasteiger partial charge in [-0.3, -0.25) is 9.69 Å². The van der Waals surface area contributed by atoms with Gasteiger partial charge in [0.05, 0.1) is 4.90 Å². The second-order valence-corrected chi connectivity index (χ2v) is 10.9. The lowest BCUT2D eigenvalue weighted by atomic mass is 9.94. The number of benzene rings is 2. The van der Waals surface area contributed by atoms with E-state index in [1.165, 1.54) is 38.2 Å². The Hall–Kier alpha value is -2.48. The van der Waals surface area contributed by atoms with E-state index in [1.54, 1.807) is 30.3 Å². The van der Waals surface area contributed by atoms with E-state index in [2.05, 4.69) is 28.1 Å². The average Bonchev–Trinajstić information content (AvgIpc) is 3.63. The molecule has 0 aliphatic heterocycles. The molecule has 0 bridgehead atoms. The summed E-state index contributed by atoms with van der Waals surface area (Å²) >= 11 is 0. The van der Waals surface area contributed by atoms with Crippen molar-refractivity contribution >= 4 is 27.7 Å². The minimum Gasteiger partial charge on any atom is -0.322 e. The molecule has 0 saturated heterocycles. The van der Waals surface area contributed by atoms with Crippen molar-refractivity contribution in [2.24, 2.45) is 0 Å². The number of anilines is 1. The van der Waals surface area contributed by atoms with E-state index >= 15 is 0 Å². The molecule has 2 saturated carbocycles. The van der Waals surface area contributed by atoms with Crippen LogP contribution in [0.4, 0.5) is 5.69 Å². The number of para-hydroxylation sites is 1. The zero-order valence-corrected chi connectivity index (χ0v) is 20.0. The highest BCUT2D eigenvalue weighted by Gasteiger charge is 2.27. The van der Waals surface area contributed by atoms with Gasteiger partial charge in [0.25, 0.3) is 0 Å². The Morgan fingerprint density at radius 3 is 2.39 bits per heavy atom. The van der Waals surface area contributed by atoms with Crippen LogP contribution in [-0.2, 0) is 21.4 Å². The number of carbonyl (C=O) groups is 1. The van der Waals surface area contributed by atoms with Crippen LogP contribution in [0, 0.1) is 0 Å². The molecule has 2 N–H and O–H groups in total. The van der Waals surface area contributed by atoms with Gasteiger partial charge in [-0.2, -0.15) is 0 Å². The quantitative estimate of drug-likeness (QED) is 0.531. The minimum atomic E-state index is -3.47. The molecule has 0 spiro atoms. The molecule has 0 unspecified atom stereocenters. The van der Waals surface area contributed by atoms with Gasteiger partial charge in [0, 0.05) is 30.4 Å². The second-order valence-electron chi connectivity index (χ2n) is 9.15. The van der Waals surface area contributed by atoms with Gasteiger partial charge in [0.2, 0.25) is 15.9 Å². The van der Waals surface area contributed by atoms with E-state index in [0.29, 0.717) is 6.04 Å². The summed E-state index contributed by atoms with van der Waals surface area (Å²) in [6.45, 7) is 0.801. The van der Waals surface area contributed by atoms with Crippen molar-refractivity contribution in [1.29, 1.82) is 0 Å². The fraction of sp³-hybridized carbons (Fsp3) is 0.423. The van der Waals surface area contributed by atoms with Crippen LogP contribution in [0.3, 0.4) is 0 Å². The van der Waals surface area contributed by atoms with Crippen LogP contribution in [0.2, 0.25) is 0 Å². The van der Waals surface area contributed by atoms with Gasteiger partial charge < -0.3 is 5.32 Å². The molecule has 0 heterocycles. The number of rotatable bonds is 9. The van der Waals surface area contributed by atoms with E-state index in [1.807, 2.05) is 18.2 Å². The fourth-order valence-corrected chi connectivity index (χ4v) is 5.60. The van der Waals surface area contributed by atoms with E-state index in [9.17, 15) is 13.2 Å². The van der Waals surface area contributed by atoms with Gasteiger partial charge >= 0.3 is 0 Å². The molecule has 2 fully saturated rings. The predicted octanol–water partition coefficient (Wildman–Crippen LogP) is 4.54. The lowest BCUT2D eigenvalue weighted by Gasteiger charge is -2.31. The first-order valence-corrected chi connectivity index (χ1v) is 13.3. The van der Waals surface area contributed by atoms with Crippen molar-refractivity contribution in [3.63, 3.8) is 0 Å². The number of hydrogen-bond donors (Lipinski definition) is 2. The van der Waals surface area contributed by atoms with Gasteiger partial charge in [0.1, 0.15) is 0 Å². The molecule has 0 atom stereocenters. The number of hydrogen-bond acceptors (Lipinski definition) is 4. The van der Waals surface area contributed by atoms with Crippen LogP contribution in [0.5, 0.6) is 0 Å². The molecule has 2 aromatic carbocycles. The third kappa shape index (κ3) is 6.76. The van der Waals surface area contributed by atoms with Crippen LogP contribution in [0.15, 0.2) is 59.5 Å². The Kier molecular flexibility index (Phi) is 7.63. The number of amides is 1. The van der Waals surface area contributed by atoms with Crippen molar-refractivity contribution in [1.82, 2.24) is 9.62 Å². The number of sulfonamides is 1. The first-order chi connectivity index (χ1) is 15.9. The molecule has 0 aromatic heterocycles. The molecule has 176 valence electrons. The zero-order valence-electron chi connectivity index (χ0n) is 19.2. The highest BCUT2D eigenvalue weighted by molar-refractivity contribution is 7.89. The van der Waals surface area contributed by atoms with Crippen LogP contribution in [-0.4, -0.2) is 38.4 Å². The molecule has 4 rings (SSSR count). The van der Waals surface area contributed by atoms with Crippen molar-refractivity contribution < 1.29 is 13.2 Å². The SMILES string of the molecule is CN(Cc1ccccc1NC(=O)/C=C/c1ccc(S(=O)(=O)NC2CC2)cc1)C1CCCCC1. The average molecular weight is 468 g/mol. The summed E-state index contributed by atoms with van der Waals surface area (Å²) in [6.07, 6.45) is 11.4. The van der Waals surface area contributed by atoms with Crippen LogP contribution in [0.25, 0.3) is 6.08 Å². The molecule has 2 aliphatic carbocycles. The standard InChI is InChI=1S/C26H33N3O3S/c1-29(23-8-3-2-4-9-23)19-21-7-5-6-10-25(21)27-26(30)18-13-20-11-16-24(17-12-20)33(31,32)28-22-14-15-22/h5-7,10-13,16-18,22-23,28H,2-4,8-9,14-15,19H2,1H3,(H,27,30)/b18-13+. The maximum absolute atomic E-state index is 12.6. The van der Waals surface area contributed by atoms with E-state index in [0.717, 1.165) is 36.2 Å². The Labute approximate surface area is 197 Å². The first kappa shape index (κ1) is 23.7. The third-order valence-corrected chi connectivity index (χ3v) is 7.95. The Balaban J connectivity index is 1.35. The summed E-state index contributed by atoms with van der Waals surface area (Å²) in [6, 6.07) is 15.2. The Bertz CT molecular complexity index is 1090. The smallest absolute Gasteiger partial charge is 0.248 e. The van der Waals surface area contributed by atoms with Crippen molar-refractivity contribution in [3.8, 4) is 0 Å². The number of nitrogens with zero attached hydrogens (tertiary/aromatic N) is 1. The van der Waals surface area contributed by atoms with Crippen LogP contribution < -0.4 is 10.0 Å². The summed E-state index contributed by atoms with van der Waals surface area (Å²) in [4.78, 5) is 15.2. The molecule has 1 amide bonds. The van der Waals surface area contributed by atoms with Crippen molar-refractivity contribution in [2.45, 2.75) is 68.5 Å². The highest BCUT2D eigenvalue weighted by Crippen LogP contribution is 2.25. The van der Waals surface area contributed by atoms with Gasteiger partial charge in [0.15, 0.2) is 0 Å². The number of nitrogens with one attached hydrogen (secondary N) is 2. The molecule has 6 nitrogen and oxygen atoms in total. The highest BCUT2D eigenvalue weighted by atomic mass is 32.2. The van der Waals surface area contributed by atoms with Crippen molar-refractivity contribution in [2.75, 3.05) is 12.4 Å². The molecular formula is C26H33N3O3S. The summed E-state index contributed by atoms with van der Waals surface area (Å²) in [5, 5.41) is 2.99. The molecule has 2 aliphatic rings. The lowest BCUT2D eigenvalue weighted by Crippen LogP contribution is -2.33. The maximum atomic E-state index is 12.6. The normalized spacial score (nSPS) is 17.5. The van der Waals surface area contributed by atoms with E-state index < -0.39 is 10.0 Å². The van der Waals surface area contributed by atoms with Gasteiger partial charge in [-0.15, -0.1) is 0 Å². The summed E-state index contributed by atoms with van der Waals surface area (Å²) in [5.41, 5.74) is 2.69. The van der Waals surface area contributed by atoms with Crippen LogP contribution >= 0.6 is 0 Å². The van der Waals surface area contributed by atoms with Crippen molar-refractivity contribution in [3.05, 3.63) is 65.7 Å². The maximum Gasteiger partial charge on any atom is 0.248 e. The molecule has 0 radical (unpaired) electrons. The second kappa shape index (κ2) is 10.6. The van der Waals surface area contributed by atoms with Gasteiger partial charge in [-0.1, -0.05) is 49.6 Å². The molecule has 7 heteroatoms. The molecular weight excluding hydrogens is 434 g/mol. The fourth-order valence-electron chi connectivity index (χ4n) is 4.29. The Morgan fingerprint density at radius 2 is 1.70 bits per heavy atom. The summed E-state index contributed by atoms with van der Waals surface area (Å²) in [7, 11) is -1.30. The minimum absolute atomic E-state index is 0.0728. The Morgan fingerprint density at radius 1 is 1.00 bits per heavy atom. The third-order valence-electron chi connectivity index (χ3n) is 6.41. The molecule has 2 aromatic rings. The van der Waals surface area contributed by atoms with Gasteiger partial charge in [-0.05, 0) is 68.1 Å². The van der Waals surface area contributed by atoms with E-state index in [-0.39, 0.29) is 16.8 Å². The van der Waals surface area contributed by atoms with Gasteiger partial charge in [-0.25, -0.2) is 13.1 Å². The topological polar surface area (TPSA) is 78.5 Å². The number of carbonyl (C=O) groups excluding carboxylic acids is 1. The van der Waals surface area contributed by atoms with E-state index in [4.69, 9.17) is 0 Å². The monoisotopic (exact) mass is 467 g/mol. The summed E-state index contributed by atoms with van der Waals surface area (Å²) < 4.78 is 27.2. The first-order valence-electron chi connectivity index (χ1n) is 11.8.